The minimum atomic E-state index is -4.74. The van der Waals surface area contributed by atoms with Crippen molar-refractivity contribution in [2.24, 2.45) is 16.3 Å². The van der Waals surface area contributed by atoms with Crippen LogP contribution in [0.15, 0.2) is 22.2 Å². The average molecular weight is 516 g/mol. The van der Waals surface area contributed by atoms with Crippen molar-refractivity contribution in [2.75, 3.05) is 12.0 Å². The number of anilines is 1. The number of sulfone groups is 1. The molecule has 0 unspecified atom stereocenters. The Morgan fingerprint density at radius 2 is 1.69 bits per heavy atom. The summed E-state index contributed by atoms with van der Waals surface area (Å²) < 4.78 is 64.4. The molecule has 2 aromatic rings. The van der Waals surface area contributed by atoms with Crippen LogP contribution in [0, 0.1) is 5.41 Å². The zero-order valence-corrected chi connectivity index (χ0v) is 19.4. The van der Waals surface area contributed by atoms with E-state index in [1.807, 2.05) is 0 Å². The van der Waals surface area contributed by atoms with Gasteiger partial charge in [0.05, 0.1) is 21.0 Å². The molecule has 15 heteroatoms. The summed E-state index contributed by atoms with van der Waals surface area (Å²) in [7, 11) is -4.10. The zero-order valence-electron chi connectivity index (χ0n) is 17.1. The number of aromatic nitrogens is 2. The second-order valence-corrected chi connectivity index (χ2v) is 10.4. The molecule has 0 amide bonds. The molecule has 32 heavy (non-hydrogen) atoms. The molecular weight excluding hydrogens is 498 g/mol. The molecular formula is C17H18Cl2F3N5O4S. The molecule has 1 heterocycles. The number of hydrogen-bond donors (Lipinski definition) is 2. The molecule has 0 aliphatic rings. The first-order valence-corrected chi connectivity index (χ1v) is 11.2. The molecule has 0 atom stereocenters. The van der Waals surface area contributed by atoms with Gasteiger partial charge in [0.2, 0.25) is 0 Å². The number of nitrogens with zero attached hydrogens (tertiary/aromatic N) is 3. The van der Waals surface area contributed by atoms with E-state index in [1.165, 1.54) is 0 Å². The van der Waals surface area contributed by atoms with Crippen molar-refractivity contribution in [1.29, 1.82) is 0 Å². The number of amidine groups is 1. The fourth-order valence-corrected chi connectivity index (χ4v) is 3.93. The number of nitrogen functional groups attached to an aromatic ring is 1. The number of halogens is 5. The lowest BCUT2D eigenvalue weighted by Crippen LogP contribution is -2.24. The SMILES string of the molecule is CC(C)(C)C(=O)ON=C(N)c1nn(-c2c(Cl)cc(C(F)(F)F)cc2Cl)c(N)c1S(C)(=O)=O. The highest BCUT2D eigenvalue weighted by Crippen LogP contribution is 2.39. The van der Waals surface area contributed by atoms with E-state index in [0.717, 1.165) is 6.26 Å². The Morgan fingerprint density at radius 1 is 1.19 bits per heavy atom. The van der Waals surface area contributed by atoms with E-state index in [4.69, 9.17) is 39.5 Å². The fraction of sp³-hybridized carbons (Fsp3) is 0.353. The number of carbonyl (C=O) groups is 1. The van der Waals surface area contributed by atoms with Gasteiger partial charge in [0.1, 0.15) is 16.4 Å². The normalized spacial score (nSPS) is 13.3. The average Bonchev–Trinajstić information content (AvgIpc) is 2.94. The first kappa shape index (κ1) is 25.7. The van der Waals surface area contributed by atoms with E-state index in [-0.39, 0.29) is 5.69 Å². The lowest BCUT2D eigenvalue weighted by molar-refractivity contribution is -0.152. The quantitative estimate of drug-likeness (QED) is 0.275. The zero-order chi connectivity index (χ0) is 24.8. The summed E-state index contributed by atoms with van der Waals surface area (Å²) in [4.78, 5) is 16.0. The topological polar surface area (TPSA) is 143 Å². The summed E-state index contributed by atoms with van der Waals surface area (Å²) in [6.07, 6.45) is -3.95. The molecule has 0 spiro atoms. The summed E-state index contributed by atoms with van der Waals surface area (Å²) in [5.74, 6) is -1.96. The summed E-state index contributed by atoms with van der Waals surface area (Å²) in [5.41, 5.74) is 8.76. The van der Waals surface area contributed by atoms with Crippen LogP contribution in [0.3, 0.4) is 0 Å². The molecule has 0 aliphatic heterocycles. The third kappa shape index (κ3) is 5.27. The van der Waals surface area contributed by atoms with Crippen molar-refractivity contribution in [3.63, 3.8) is 0 Å². The van der Waals surface area contributed by atoms with Crippen molar-refractivity contribution in [3.8, 4) is 5.69 Å². The summed E-state index contributed by atoms with van der Waals surface area (Å²) in [6, 6.07) is 1.15. The molecule has 0 bridgehead atoms. The molecule has 0 saturated heterocycles. The maximum absolute atomic E-state index is 13.0. The van der Waals surface area contributed by atoms with Gasteiger partial charge in [-0.15, -0.1) is 0 Å². The van der Waals surface area contributed by atoms with Gasteiger partial charge in [0.25, 0.3) is 0 Å². The van der Waals surface area contributed by atoms with Crippen molar-refractivity contribution in [2.45, 2.75) is 31.8 Å². The number of rotatable bonds is 4. The third-order valence-corrected chi connectivity index (χ3v) is 5.60. The van der Waals surface area contributed by atoms with Crippen molar-refractivity contribution >= 4 is 50.7 Å². The Kier molecular flexibility index (Phi) is 6.80. The van der Waals surface area contributed by atoms with Gasteiger partial charge in [-0.1, -0.05) is 28.4 Å². The molecule has 0 radical (unpaired) electrons. The molecule has 4 N–H and O–H groups in total. The maximum atomic E-state index is 13.0. The predicted molar refractivity (Wildman–Crippen MR) is 112 cm³/mol. The smallest absolute Gasteiger partial charge is 0.382 e. The predicted octanol–water partition coefficient (Wildman–Crippen LogP) is 3.39. The molecule has 1 aromatic heterocycles. The van der Waals surface area contributed by atoms with Crippen LogP contribution in [-0.4, -0.2) is 36.3 Å². The molecule has 0 aliphatic carbocycles. The van der Waals surface area contributed by atoms with E-state index >= 15 is 0 Å². The molecule has 176 valence electrons. The number of benzene rings is 1. The number of nitrogens with two attached hydrogens (primary N) is 2. The van der Waals surface area contributed by atoms with Gasteiger partial charge in [-0.05, 0) is 32.9 Å². The maximum Gasteiger partial charge on any atom is 0.416 e. The Labute approximate surface area is 191 Å². The summed E-state index contributed by atoms with van der Waals surface area (Å²) in [5, 5.41) is 6.30. The lowest BCUT2D eigenvalue weighted by atomic mass is 9.98. The second-order valence-electron chi connectivity index (χ2n) is 7.64. The van der Waals surface area contributed by atoms with Crippen LogP contribution < -0.4 is 11.5 Å². The van der Waals surface area contributed by atoms with Crippen LogP contribution >= 0.6 is 23.2 Å². The Bertz CT molecular complexity index is 1190. The molecule has 0 saturated carbocycles. The van der Waals surface area contributed by atoms with Crippen LogP contribution in [0.25, 0.3) is 5.69 Å². The standard InChI is InChI=1S/C17H18Cl2F3N5O4S/c1-16(2,3)15(28)31-26-13(23)10-12(32(4,29)30)14(24)27(25-10)11-8(18)5-7(6-9(11)19)17(20,21)22/h5-6H,24H2,1-4H3,(H2,23,26). The van der Waals surface area contributed by atoms with Crippen LogP contribution in [0.1, 0.15) is 32.0 Å². The van der Waals surface area contributed by atoms with Gasteiger partial charge in [-0.25, -0.2) is 17.9 Å². The van der Waals surface area contributed by atoms with Gasteiger partial charge in [-0.3, -0.25) is 0 Å². The third-order valence-electron chi connectivity index (χ3n) is 3.88. The minimum absolute atomic E-state index is 0.325. The number of hydrogen-bond acceptors (Lipinski definition) is 7. The van der Waals surface area contributed by atoms with Crippen LogP contribution in [0.4, 0.5) is 19.0 Å². The first-order valence-electron chi connectivity index (χ1n) is 8.56. The Morgan fingerprint density at radius 3 is 2.09 bits per heavy atom. The molecule has 2 rings (SSSR count). The minimum Gasteiger partial charge on any atom is -0.382 e. The van der Waals surface area contributed by atoms with Crippen molar-refractivity contribution < 1.29 is 31.2 Å². The highest BCUT2D eigenvalue weighted by molar-refractivity contribution is 7.91. The van der Waals surface area contributed by atoms with Gasteiger partial charge in [0.15, 0.2) is 21.4 Å². The fourth-order valence-electron chi connectivity index (χ4n) is 2.32. The Balaban J connectivity index is 2.72. The first-order chi connectivity index (χ1) is 14.4. The van der Waals surface area contributed by atoms with Crippen LogP contribution in [0.5, 0.6) is 0 Å². The highest BCUT2D eigenvalue weighted by atomic mass is 35.5. The van der Waals surface area contributed by atoms with E-state index < -0.39 is 65.2 Å². The van der Waals surface area contributed by atoms with E-state index in [0.29, 0.717) is 16.8 Å². The van der Waals surface area contributed by atoms with E-state index in [2.05, 4.69) is 10.3 Å². The van der Waals surface area contributed by atoms with Crippen molar-refractivity contribution in [1.82, 2.24) is 9.78 Å². The van der Waals surface area contributed by atoms with Crippen LogP contribution in [0.2, 0.25) is 10.0 Å². The van der Waals surface area contributed by atoms with E-state index in [1.54, 1.807) is 20.8 Å². The number of oxime groups is 1. The van der Waals surface area contributed by atoms with Gasteiger partial charge < -0.3 is 16.3 Å². The lowest BCUT2D eigenvalue weighted by Gasteiger charge is -2.13. The number of carbonyl (C=O) groups excluding carboxylic acids is 1. The summed E-state index contributed by atoms with van der Waals surface area (Å²) in [6.45, 7) is 4.64. The van der Waals surface area contributed by atoms with Crippen LogP contribution in [-0.2, 0) is 25.6 Å². The molecule has 9 nitrogen and oxygen atoms in total. The summed E-state index contributed by atoms with van der Waals surface area (Å²) >= 11 is 11.9. The van der Waals surface area contributed by atoms with E-state index in [9.17, 15) is 26.4 Å². The monoisotopic (exact) mass is 515 g/mol. The van der Waals surface area contributed by atoms with Crippen molar-refractivity contribution in [3.05, 3.63) is 33.4 Å². The highest BCUT2D eigenvalue weighted by Gasteiger charge is 2.34. The second kappa shape index (κ2) is 8.45. The largest absolute Gasteiger partial charge is 0.416 e. The molecule has 1 aromatic carbocycles. The van der Waals surface area contributed by atoms with Gasteiger partial charge in [-0.2, -0.15) is 18.3 Å². The number of alkyl halides is 3. The van der Waals surface area contributed by atoms with Gasteiger partial charge in [0, 0.05) is 6.26 Å². The van der Waals surface area contributed by atoms with Gasteiger partial charge >= 0.3 is 12.1 Å². The molecule has 0 fully saturated rings. The Hall–Kier alpha value is -2.51.